The van der Waals surface area contributed by atoms with Crippen LogP contribution in [0.5, 0.6) is 5.75 Å². The van der Waals surface area contributed by atoms with Crippen LogP contribution in [0.25, 0.3) is 0 Å². The lowest BCUT2D eigenvalue weighted by atomic mass is 9.84. The summed E-state index contributed by atoms with van der Waals surface area (Å²) in [6.45, 7) is 4.18. The molecule has 0 spiro atoms. The first kappa shape index (κ1) is 16.4. The Morgan fingerprint density at radius 3 is 2.42 bits per heavy atom. The Bertz CT molecular complexity index is 758. The van der Waals surface area contributed by atoms with Crippen molar-refractivity contribution in [1.82, 2.24) is 4.90 Å². The number of hydrogen-bond acceptors (Lipinski definition) is 2. The molecule has 2 atom stereocenters. The van der Waals surface area contributed by atoms with E-state index in [-0.39, 0.29) is 5.92 Å². The number of phenolic OH excluding ortho intramolecular Hbond substituents is 1. The zero-order valence-corrected chi connectivity index (χ0v) is 14.6. The molecule has 0 saturated carbocycles. The second kappa shape index (κ2) is 6.96. The van der Waals surface area contributed by atoms with Gasteiger partial charge in [-0.2, -0.15) is 0 Å². The number of nitrogens with zero attached hydrogens (tertiary/aromatic N) is 1. The molecule has 0 radical (unpaired) electrons. The Kier molecular flexibility index (Phi) is 4.75. The molecule has 1 N–H and O–H groups in total. The van der Waals surface area contributed by atoms with Gasteiger partial charge in [0, 0.05) is 24.6 Å². The summed E-state index contributed by atoms with van der Waals surface area (Å²) in [7, 11) is 2.10. The number of aromatic hydroxyl groups is 1. The molecule has 0 fully saturated rings. The summed E-state index contributed by atoms with van der Waals surface area (Å²) in [5.74, 6) is 0.540. The number of benzene rings is 2. The topological polar surface area (TPSA) is 23.5 Å². The van der Waals surface area contributed by atoms with Crippen molar-refractivity contribution in [3.05, 3.63) is 89.1 Å². The van der Waals surface area contributed by atoms with Gasteiger partial charge in [0.05, 0.1) is 0 Å². The maximum atomic E-state index is 10.5. The molecule has 3 rings (SSSR count). The molecule has 0 amide bonds. The third-order valence-electron chi connectivity index (χ3n) is 4.80. The van der Waals surface area contributed by atoms with Gasteiger partial charge in [-0.15, -0.1) is 0 Å². The fourth-order valence-corrected chi connectivity index (χ4v) is 3.30. The van der Waals surface area contributed by atoms with Gasteiger partial charge >= 0.3 is 0 Å². The standard InChI is InChI=1S/C22H25NO/c1-16-7-10-18(11-8-16)20(15-19-6-4-5-13-23(19)3)21-14-17(2)9-12-22(21)24/h4-14,19-20,24H,15H2,1-3H3. The minimum Gasteiger partial charge on any atom is -0.508 e. The number of rotatable bonds is 4. The van der Waals surface area contributed by atoms with Crippen LogP contribution in [0.2, 0.25) is 0 Å². The molecule has 1 aliphatic rings. The van der Waals surface area contributed by atoms with Crippen LogP contribution in [0.4, 0.5) is 0 Å². The number of likely N-dealkylation sites (N-methyl/N-ethyl adjacent to an activating group) is 1. The fourth-order valence-electron chi connectivity index (χ4n) is 3.30. The van der Waals surface area contributed by atoms with Gasteiger partial charge in [0.1, 0.15) is 5.75 Å². The van der Waals surface area contributed by atoms with Crippen molar-refractivity contribution in [1.29, 1.82) is 0 Å². The Morgan fingerprint density at radius 1 is 1.00 bits per heavy atom. The van der Waals surface area contributed by atoms with Crippen molar-refractivity contribution in [2.45, 2.75) is 32.2 Å². The molecular formula is C22H25NO. The molecule has 124 valence electrons. The lowest BCUT2D eigenvalue weighted by Gasteiger charge is -2.30. The molecule has 2 aromatic rings. The minimum absolute atomic E-state index is 0.161. The van der Waals surface area contributed by atoms with Gasteiger partial charge in [0.25, 0.3) is 0 Å². The van der Waals surface area contributed by atoms with Crippen LogP contribution in [-0.2, 0) is 0 Å². The van der Waals surface area contributed by atoms with Gasteiger partial charge < -0.3 is 10.0 Å². The monoisotopic (exact) mass is 319 g/mol. The molecule has 0 saturated heterocycles. The predicted molar refractivity (Wildman–Crippen MR) is 100 cm³/mol. The molecule has 24 heavy (non-hydrogen) atoms. The van der Waals surface area contributed by atoms with E-state index in [0.717, 1.165) is 12.0 Å². The third kappa shape index (κ3) is 3.53. The highest BCUT2D eigenvalue weighted by Gasteiger charge is 2.23. The molecule has 1 aliphatic heterocycles. The number of phenols is 1. The Labute approximate surface area is 144 Å². The van der Waals surface area contributed by atoms with Gasteiger partial charge in [-0.1, -0.05) is 59.7 Å². The molecule has 2 unspecified atom stereocenters. The Morgan fingerprint density at radius 2 is 1.71 bits per heavy atom. The van der Waals surface area contributed by atoms with Crippen molar-refractivity contribution in [2.75, 3.05) is 7.05 Å². The summed E-state index contributed by atoms with van der Waals surface area (Å²) in [5.41, 5.74) is 4.68. The number of aryl methyl sites for hydroxylation is 2. The van der Waals surface area contributed by atoms with E-state index >= 15 is 0 Å². The van der Waals surface area contributed by atoms with Crippen LogP contribution < -0.4 is 0 Å². The molecule has 2 aromatic carbocycles. The molecule has 0 aliphatic carbocycles. The van der Waals surface area contributed by atoms with Gasteiger partial charge in [-0.05, 0) is 44.2 Å². The van der Waals surface area contributed by atoms with Crippen molar-refractivity contribution in [3.8, 4) is 5.75 Å². The number of allylic oxidation sites excluding steroid dienone is 2. The van der Waals surface area contributed by atoms with Crippen LogP contribution in [0.3, 0.4) is 0 Å². The molecule has 0 bridgehead atoms. The third-order valence-corrected chi connectivity index (χ3v) is 4.80. The zero-order valence-electron chi connectivity index (χ0n) is 14.6. The van der Waals surface area contributed by atoms with E-state index in [0.29, 0.717) is 11.8 Å². The Balaban J connectivity index is 2.00. The highest BCUT2D eigenvalue weighted by atomic mass is 16.3. The van der Waals surface area contributed by atoms with Gasteiger partial charge in [0.15, 0.2) is 0 Å². The van der Waals surface area contributed by atoms with Crippen LogP contribution in [0.15, 0.2) is 66.9 Å². The first-order valence-electron chi connectivity index (χ1n) is 8.47. The molecule has 1 heterocycles. The highest BCUT2D eigenvalue weighted by Crippen LogP contribution is 2.36. The van der Waals surface area contributed by atoms with Crippen LogP contribution in [0.1, 0.15) is 34.6 Å². The van der Waals surface area contributed by atoms with Crippen molar-refractivity contribution in [3.63, 3.8) is 0 Å². The molecule has 2 nitrogen and oxygen atoms in total. The summed E-state index contributed by atoms with van der Waals surface area (Å²) in [6, 6.07) is 14.9. The van der Waals surface area contributed by atoms with E-state index in [4.69, 9.17) is 0 Å². The summed E-state index contributed by atoms with van der Waals surface area (Å²) in [6.07, 6.45) is 9.42. The first-order valence-corrected chi connectivity index (χ1v) is 8.47. The maximum absolute atomic E-state index is 10.5. The van der Waals surface area contributed by atoms with Crippen LogP contribution in [-0.4, -0.2) is 23.1 Å². The van der Waals surface area contributed by atoms with Gasteiger partial charge in [-0.25, -0.2) is 0 Å². The maximum Gasteiger partial charge on any atom is 0.119 e. The second-order valence-electron chi connectivity index (χ2n) is 6.72. The zero-order chi connectivity index (χ0) is 17.1. The number of hydrogen-bond donors (Lipinski definition) is 1. The summed E-state index contributed by atoms with van der Waals surface area (Å²) >= 11 is 0. The van der Waals surface area contributed by atoms with E-state index < -0.39 is 0 Å². The van der Waals surface area contributed by atoms with Crippen molar-refractivity contribution in [2.24, 2.45) is 0 Å². The van der Waals surface area contributed by atoms with Crippen LogP contribution in [0, 0.1) is 13.8 Å². The molecule has 0 aromatic heterocycles. The molecule has 2 heteroatoms. The minimum atomic E-state index is 0.161. The van der Waals surface area contributed by atoms with E-state index in [2.05, 4.69) is 80.6 Å². The normalized spacial score (nSPS) is 18.0. The Hall–Kier alpha value is -2.48. The quantitative estimate of drug-likeness (QED) is 0.865. The van der Waals surface area contributed by atoms with Gasteiger partial charge in [0.2, 0.25) is 0 Å². The predicted octanol–water partition coefficient (Wildman–Crippen LogP) is 4.91. The summed E-state index contributed by atoms with van der Waals surface area (Å²) < 4.78 is 0. The SMILES string of the molecule is Cc1ccc(C(CC2C=CC=CN2C)c2cc(C)ccc2O)cc1. The van der Waals surface area contributed by atoms with Crippen molar-refractivity contribution >= 4 is 0 Å². The van der Waals surface area contributed by atoms with Gasteiger partial charge in [-0.3, -0.25) is 0 Å². The lowest BCUT2D eigenvalue weighted by molar-refractivity contribution is 0.348. The smallest absolute Gasteiger partial charge is 0.119 e. The second-order valence-corrected chi connectivity index (χ2v) is 6.72. The van der Waals surface area contributed by atoms with Crippen molar-refractivity contribution < 1.29 is 5.11 Å². The average Bonchev–Trinajstić information content (AvgIpc) is 2.58. The molecular weight excluding hydrogens is 294 g/mol. The lowest BCUT2D eigenvalue weighted by Crippen LogP contribution is -2.28. The summed E-state index contributed by atoms with van der Waals surface area (Å²) in [5, 5.41) is 10.5. The highest BCUT2D eigenvalue weighted by molar-refractivity contribution is 5.44. The first-order chi connectivity index (χ1) is 11.5. The van der Waals surface area contributed by atoms with Crippen LogP contribution >= 0.6 is 0 Å². The summed E-state index contributed by atoms with van der Waals surface area (Å²) in [4.78, 5) is 2.23. The van der Waals surface area contributed by atoms with E-state index in [1.807, 2.05) is 12.1 Å². The van der Waals surface area contributed by atoms with E-state index in [1.165, 1.54) is 16.7 Å². The van der Waals surface area contributed by atoms with E-state index in [1.54, 1.807) is 0 Å². The van der Waals surface area contributed by atoms with E-state index in [9.17, 15) is 5.11 Å². The average molecular weight is 319 g/mol. The largest absolute Gasteiger partial charge is 0.508 e. The fraction of sp³-hybridized carbons (Fsp3) is 0.273.